The van der Waals surface area contributed by atoms with E-state index in [-0.39, 0.29) is 5.41 Å². The summed E-state index contributed by atoms with van der Waals surface area (Å²) in [5.41, 5.74) is 6.66. The summed E-state index contributed by atoms with van der Waals surface area (Å²) in [5, 5.41) is 0. The summed E-state index contributed by atoms with van der Waals surface area (Å²) >= 11 is 0. The van der Waals surface area contributed by atoms with Crippen molar-refractivity contribution in [2.24, 2.45) is 0 Å². The molecule has 0 saturated carbocycles. The van der Waals surface area contributed by atoms with Crippen molar-refractivity contribution in [3.63, 3.8) is 0 Å². The van der Waals surface area contributed by atoms with Gasteiger partial charge in [-0.15, -0.1) is 0 Å². The highest BCUT2D eigenvalue weighted by molar-refractivity contribution is 5.83. The Bertz CT molecular complexity index is 761. The van der Waals surface area contributed by atoms with Gasteiger partial charge in [0.05, 0.1) is 0 Å². The van der Waals surface area contributed by atoms with Crippen LogP contribution in [0.2, 0.25) is 0 Å². The molecule has 0 aliphatic carbocycles. The fourth-order valence-electron chi connectivity index (χ4n) is 2.76. The van der Waals surface area contributed by atoms with Gasteiger partial charge in [0, 0.05) is 0 Å². The third-order valence-electron chi connectivity index (χ3n) is 4.05. The molecule has 0 N–H and O–H groups in total. The Balaban J connectivity index is 2.14. The topological polar surface area (TPSA) is 0 Å². The predicted octanol–water partition coefficient (Wildman–Crippen LogP) is 6.32. The zero-order valence-electron chi connectivity index (χ0n) is 13.5. The molecule has 0 aromatic heterocycles. The van der Waals surface area contributed by atoms with Crippen LogP contribution in [0.3, 0.4) is 0 Å². The maximum Gasteiger partial charge on any atom is -0.0105 e. The molecule has 0 spiro atoms. The molecule has 0 nitrogen and oxygen atoms in total. The van der Waals surface area contributed by atoms with Crippen LogP contribution in [0.4, 0.5) is 0 Å². The van der Waals surface area contributed by atoms with Gasteiger partial charge >= 0.3 is 0 Å². The second kappa shape index (κ2) is 5.81. The van der Waals surface area contributed by atoms with E-state index in [2.05, 4.69) is 99.6 Å². The van der Waals surface area contributed by atoms with Gasteiger partial charge in [0.2, 0.25) is 0 Å². The Hall–Kier alpha value is -2.34. The monoisotopic (exact) mass is 286 g/mol. The minimum absolute atomic E-state index is 0.164. The summed E-state index contributed by atoms with van der Waals surface area (Å²) in [6, 6.07) is 28.1. The van der Waals surface area contributed by atoms with Gasteiger partial charge in [0.25, 0.3) is 0 Å². The van der Waals surface area contributed by atoms with Crippen LogP contribution in [0.1, 0.15) is 26.3 Å². The molecular weight excluding hydrogens is 264 g/mol. The molecule has 110 valence electrons. The minimum Gasteiger partial charge on any atom is -0.0622 e. The lowest BCUT2D eigenvalue weighted by Gasteiger charge is -2.20. The second-order valence-electron chi connectivity index (χ2n) is 6.74. The molecule has 0 fully saturated rings. The molecule has 0 radical (unpaired) electrons. The minimum atomic E-state index is 0.164. The number of hydrogen-bond donors (Lipinski definition) is 0. The van der Waals surface area contributed by atoms with E-state index in [9.17, 15) is 0 Å². The Kier molecular flexibility index (Phi) is 3.85. The highest BCUT2D eigenvalue weighted by atomic mass is 14.2. The summed E-state index contributed by atoms with van der Waals surface area (Å²) in [6.07, 6.45) is 0. The van der Waals surface area contributed by atoms with Crippen LogP contribution in [0, 0.1) is 0 Å². The van der Waals surface area contributed by atoms with Gasteiger partial charge < -0.3 is 0 Å². The molecule has 0 bridgehead atoms. The Labute approximate surface area is 133 Å². The van der Waals surface area contributed by atoms with E-state index in [1.54, 1.807) is 0 Å². The third-order valence-corrected chi connectivity index (χ3v) is 4.05. The fraction of sp³-hybridized carbons (Fsp3) is 0.182. The summed E-state index contributed by atoms with van der Waals surface area (Å²) in [7, 11) is 0. The molecule has 0 aliphatic heterocycles. The first-order valence-corrected chi connectivity index (χ1v) is 7.81. The first-order chi connectivity index (χ1) is 10.6. The highest BCUT2D eigenvalue weighted by Gasteiger charge is 2.15. The molecule has 22 heavy (non-hydrogen) atoms. The van der Waals surface area contributed by atoms with Crippen LogP contribution in [0.5, 0.6) is 0 Å². The van der Waals surface area contributed by atoms with E-state index in [1.165, 1.54) is 27.8 Å². The van der Waals surface area contributed by atoms with Crippen LogP contribution in [-0.2, 0) is 5.41 Å². The highest BCUT2D eigenvalue weighted by Crippen LogP contribution is 2.34. The van der Waals surface area contributed by atoms with Gasteiger partial charge in [-0.05, 0) is 33.2 Å². The first kappa shape index (κ1) is 14.6. The summed E-state index contributed by atoms with van der Waals surface area (Å²) in [5.74, 6) is 0. The van der Waals surface area contributed by atoms with E-state index in [0.717, 1.165) is 0 Å². The van der Waals surface area contributed by atoms with Crippen molar-refractivity contribution in [2.75, 3.05) is 0 Å². The standard InChI is InChI=1S/C22H22/c1-22(2,3)19-13-9-12-18(16-19)21-15-8-7-14-20(21)17-10-5-4-6-11-17/h4-16H,1-3H3. The van der Waals surface area contributed by atoms with E-state index >= 15 is 0 Å². The van der Waals surface area contributed by atoms with Crippen molar-refractivity contribution in [3.05, 3.63) is 84.4 Å². The molecule has 0 heterocycles. The van der Waals surface area contributed by atoms with Crippen LogP contribution in [0.15, 0.2) is 78.9 Å². The lowest BCUT2D eigenvalue weighted by Crippen LogP contribution is -2.10. The van der Waals surface area contributed by atoms with Gasteiger partial charge in [0.15, 0.2) is 0 Å². The lowest BCUT2D eigenvalue weighted by molar-refractivity contribution is 0.590. The number of rotatable bonds is 2. The zero-order chi connectivity index (χ0) is 15.6. The van der Waals surface area contributed by atoms with Gasteiger partial charge in [-0.1, -0.05) is 99.6 Å². The molecule has 0 heteroatoms. The molecule has 0 saturated heterocycles. The van der Waals surface area contributed by atoms with E-state index in [1.807, 2.05) is 0 Å². The van der Waals surface area contributed by atoms with E-state index in [4.69, 9.17) is 0 Å². The van der Waals surface area contributed by atoms with Gasteiger partial charge in [-0.25, -0.2) is 0 Å². The van der Waals surface area contributed by atoms with Gasteiger partial charge in [-0.3, -0.25) is 0 Å². The van der Waals surface area contributed by atoms with Crippen LogP contribution >= 0.6 is 0 Å². The van der Waals surface area contributed by atoms with Crippen molar-refractivity contribution in [2.45, 2.75) is 26.2 Å². The quantitative estimate of drug-likeness (QED) is 0.517. The van der Waals surface area contributed by atoms with Crippen molar-refractivity contribution < 1.29 is 0 Å². The van der Waals surface area contributed by atoms with Crippen LogP contribution < -0.4 is 0 Å². The van der Waals surface area contributed by atoms with E-state index < -0.39 is 0 Å². The molecule has 0 amide bonds. The SMILES string of the molecule is CC(C)(C)c1cccc(-c2ccccc2-c2ccccc2)c1. The number of benzene rings is 3. The Morgan fingerprint density at radius 3 is 1.73 bits per heavy atom. The maximum absolute atomic E-state index is 2.32. The zero-order valence-corrected chi connectivity index (χ0v) is 13.5. The smallest absolute Gasteiger partial charge is 0.0105 e. The van der Waals surface area contributed by atoms with E-state index in [0.29, 0.717) is 0 Å². The Morgan fingerprint density at radius 1 is 0.545 bits per heavy atom. The molecule has 0 aliphatic rings. The molecule has 3 aromatic carbocycles. The summed E-state index contributed by atoms with van der Waals surface area (Å²) < 4.78 is 0. The van der Waals surface area contributed by atoms with Crippen molar-refractivity contribution in [1.82, 2.24) is 0 Å². The average molecular weight is 286 g/mol. The van der Waals surface area contributed by atoms with Crippen molar-refractivity contribution >= 4 is 0 Å². The predicted molar refractivity (Wildman–Crippen MR) is 96.0 cm³/mol. The molecule has 3 rings (SSSR count). The van der Waals surface area contributed by atoms with Gasteiger partial charge in [-0.2, -0.15) is 0 Å². The first-order valence-electron chi connectivity index (χ1n) is 7.81. The Morgan fingerprint density at radius 2 is 1.09 bits per heavy atom. The summed E-state index contributed by atoms with van der Waals surface area (Å²) in [6.45, 7) is 6.78. The fourth-order valence-corrected chi connectivity index (χ4v) is 2.76. The maximum atomic E-state index is 2.32. The second-order valence-corrected chi connectivity index (χ2v) is 6.74. The largest absolute Gasteiger partial charge is 0.0622 e. The van der Waals surface area contributed by atoms with Crippen LogP contribution in [-0.4, -0.2) is 0 Å². The van der Waals surface area contributed by atoms with Crippen molar-refractivity contribution in [3.8, 4) is 22.3 Å². The lowest BCUT2D eigenvalue weighted by atomic mass is 9.84. The third kappa shape index (κ3) is 2.96. The van der Waals surface area contributed by atoms with Crippen LogP contribution in [0.25, 0.3) is 22.3 Å². The molecular formula is C22H22. The molecule has 3 aromatic rings. The molecule has 0 atom stereocenters. The average Bonchev–Trinajstić information content (AvgIpc) is 2.55. The van der Waals surface area contributed by atoms with Crippen molar-refractivity contribution in [1.29, 1.82) is 0 Å². The normalized spacial score (nSPS) is 11.4. The van der Waals surface area contributed by atoms with Gasteiger partial charge in [0.1, 0.15) is 0 Å². The summed E-state index contributed by atoms with van der Waals surface area (Å²) in [4.78, 5) is 0. The number of hydrogen-bond acceptors (Lipinski definition) is 0. The molecule has 0 unspecified atom stereocenters.